The quantitative estimate of drug-likeness (QED) is 0.742. The Bertz CT molecular complexity index is 1110. The van der Waals surface area contributed by atoms with Gasteiger partial charge in [-0.2, -0.15) is 0 Å². The van der Waals surface area contributed by atoms with Gasteiger partial charge in [0.2, 0.25) is 5.09 Å². The Kier molecular flexibility index (Phi) is 5.00. The van der Waals surface area contributed by atoms with Crippen molar-refractivity contribution in [1.29, 1.82) is 0 Å². The fourth-order valence-electron chi connectivity index (χ4n) is 2.95. The molecule has 3 heterocycles. The van der Waals surface area contributed by atoms with Crippen molar-refractivity contribution in [2.24, 2.45) is 10.9 Å². The third-order valence-corrected chi connectivity index (χ3v) is 6.26. The number of hydrogen-bond donors (Lipinski definition) is 2. The minimum absolute atomic E-state index is 0.201. The number of anilines is 1. The molecule has 10 heteroatoms. The SMILES string of the molecule is CC(C)(C)NS(=O)(=O)c1ccc(-c2ncc(Cl)c(NC3=NCC(C4CC4)=C3)n2)o1. The summed E-state index contributed by atoms with van der Waals surface area (Å²) in [5.74, 6) is 2.19. The molecule has 0 atom stereocenters. The predicted molar refractivity (Wildman–Crippen MR) is 112 cm³/mol. The lowest BCUT2D eigenvalue weighted by atomic mass is 10.1. The molecule has 1 aliphatic carbocycles. The van der Waals surface area contributed by atoms with Crippen LogP contribution in [0.3, 0.4) is 0 Å². The molecule has 0 amide bonds. The second-order valence-electron chi connectivity index (χ2n) is 8.18. The van der Waals surface area contributed by atoms with Gasteiger partial charge in [0.1, 0.15) is 10.9 Å². The molecule has 0 radical (unpaired) electrons. The van der Waals surface area contributed by atoms with Gasteiger partial charge in [0.25, 0.3) is 10.0 Å². The fraction of sp³-hybridized carbons (Fsp3) is 0.421. The number of amidine groups is 1. The van der Waals surface area contributed by atoms with Crippen LogP contribution in [0.2, 0.25) is 5.02 Å². The average molecular weight is 436 g/mol. The van der Waals surface area contributed by atoms with Gasteiger partial charge >= 0.3 is 0 Å². The van der Waals surface area contributed by atoms with Crippen molar-refractivity contribution in [3.63, 3.8) is 0 Å². The molecule has 2 aromatic heterocycles. The van der Waals surface area contributed by atoms with E-state index in [1.807, 2.05) is 6.08 Å². The van der Waals surface area contributed by atoms with E-state index in [1.165, 1.54) is 36.7 Å². The normalized spacial score (nSPS) is 17.2. The summed E-state index contributed by atoms with van der Waals surface area (Å²) in [4.78, 5) is 13.0. The molecule has 4 rings (SSSR count). The highest BCUT2D eigenvalue weighted by molar-refractivity contribution is 7.89. The van der Waals surface area contributed by atoms with Crippen LogP contribution in [0.4, 0.5) is 5.82 Å². The first-order valence-corrected chi connectivity index (χ1v) is 11.2. The van der Waals surface area contributed by atoms with E-state index in [4.69, 9.17) is 16.0 Å². The van der Waals surface area contributed by atoms with Crippen molar-refractivity contribution in [1.82, 2.24) is 14.7 Å². The number of aliphatic imine (C=N–C) groups is 1. The van der Waals surface area contributed by atoms with Crippen molar-refractivity contribution in [3.05, 3.63) is 35.0 Å². The zero-order valence-electron chi connectivity index (χ0n) is 16.4. The van der Waals surface area contributed by atoms with Crippen molar-refractivity contribution in [2.45, 2.75) is 44.2 Å². The van der Waals surface area contributed by atoms with Gasteiger partial charge in [-0.25, -0.2) is 23.1 Å². The summed E-state index contributed by atoms with van der Waals surface area (Å²) >= 11 is 6.22. The first-order chi connectivity index (χ1) is 13.6. The average Bonchev–Trinajstić information content (AvgIpc) is 3.15. The molecular weight excluding hydrogens is 414 g/mol. The van der Waals surface area contributed by atoms with Gasteiger partial charge in [-0.1, -0.05) is 11.6 Å². The summed E-state index contributed by atoms with van der Waals surface area (Å²) in [6.07, 6.45) is 5.92. The number of furan rings is 1. The minimum Gasteiger partial charge on any atom is -0.440 e. The summed E-state index contributed by atoms with van der Waals surface area (Å²) in [5.41, 5.74) is 0.694. The van der Waals surface area contributed by atoms with Crippen LogP contribution in [-0.4, -0.2) is 36.3 Å². The Hall–Kier alpha value is -2.23. The van der Waals surface area contributed by atoms with E-state index in [9.17, 15) is 8.42 Å². The molecule has 0 saturated heterocycles. The maximum Gasteiger partial charge on any atom is 0.274 e. The zero-order valence-corrected chi connectivity index (χ0v) is 17.9. The number of nitrogens with zero attached hydrogens (tertiary/aromatic N) is 3. The molecule has 0 aromatic carbocycles. The van der Waals surface area contributed by atoms with Crippen LogP contribution in [0, 0.1) is 5.92 Å². The van der Waals surface area contributed by atoms with Crippen molar-refractivity contribution >= 4 is 33.3 Å². The third kappa shape index (κ3) is 4.68. The fourth-order valence-corrected chi connectivity index (χ4v) is 4.44. The first-order valence-electron chi connectivity index (χ1n) is 9.29. The largest absolute Gasteiger partial charge is 0.440 e. The summed E-state index contributed by atoms with van der Waals surface area (Å²) in [6, 6.07) is 2.89. The predicted octanol–water partition coefficient (Wildman–Crippen LogP) is 3.63. The van der Waals surface area contributed by atoms with Crippen LogP contribution >= 0.6 is 11.6 Å². The van der Waals surface area contributed by atoms with Crippen molar-refractivity contribution < 1.29 is 12.8 Å². The highest BCUT2D eigenvalue weighted by atomic mass is 35.5. The molecule has 2 aliphatic rings. The van der Waals surface area contributed by atoms with Crippen molar-refractivity contribution in [2.75, 3.05) is 11.9 Å². The molecule has 154 valence electrons. The van der Waals surface area contributed by atoms with E-state index in [-0.39, 0.29) is 16.7 Å². The Morgan fingerprint density at radius 3 is 2.69 bits per heavy atom. The van der Waals surface area contributed by atoms with Crippen LogP contribution in [0.15, 0.2) is 44.5 Å². The van der Waals surface area contributed by atoms with Crippen LogP contribution in [0.1, 0.15) is 33.6 Å². The van der Waals surface area contributed by atoms with Gasteiger partial charge < -0.3 is 9.73 Å². The van der Waals surface area contributed by atoms with Crippen LogP contribution in [0.25, 0.3) is 11.6 Å². The third-order valence-electron chi connectivity index (χ3n) is 4.35. The molecule has 0 bridgehead atoms. The van der Waals surface area contributed by atoms with E-state index in [0.29, 0.717) is 29.1 Å². The molecule has 2 N–H and O–H groups in total. The topological polar surface area (TPSA) is 109 Å². The number of aromatic nitrogens is 2. The second kappa shape index (κ2) is 7.23. The minimum atomic E-state index is -3.79. The van der Waals surface area contributed by atoms with E-state index in [2.05, 4.69) is 25.0 Å². The number of halogens is 1. The Morgan fingerprint density at radius 2 is 2.00 bits per heavy atom. The lowest BCUT2D eigenvalue weighted by Gasteiger charge is -2.18. The molecule has 1 fully saturated rings. The summed E-state index contributed by atoms with van der Waals surface area (Å²) in [7, 11) is -3.79. The Balaban J connectivity index is 1.56. The number of rotatable bonds is 5. The van der Waals surface area contributed by atoms with E-state index in [1.54, 1.807) is 20.8 Å². The van der Waals surface area contributed by atoms with Gasteiger partial charge in [-0.3, -0.25) is 4.99 Å². The number of nitrogens with one attached hydrogen (secondary N) is 2. The monoisotopic (exact) mass is 435 g/mol. The lowest BCUT2D eigenvalue weighted by Crippen LogP contribution is -2.40. The van der Waals surface area contributed by atoms with Crippen LogP contribution in [0.5, 0.6) is 0 Å². The molecule has 2 aromatic rings. The van der Waals surface area contributed by atoms with Gasteiger partial charge in [-0.15, -0.1) is 0 Å². The highest BCUT2D eigenvalue weighted by Gasteiger charge is 2.28. The zero-order chi connectivity index (χ0) is 20.8. The summed E-state index contributed by atoms with van der Waals surface area (Å²) in [6.45, 7) is 5.96. The smallest absolute Gasteiger partial charge is 0.274 e. The molecule has 0 spiro atoms. The summed E-state index contributed by atoms with van der Waals surface area (Å²) < 4.78 is 32.9. The Labute approximate surface area is 174 Å². The number of sulfonamides is 1. The van der Waals surface area contributed by atoms with Gasteiger partial charge in [0.15, 0.2) is 17.4 Å². The maximum absolute atomic E-state index is 12.4. The van der Waals surface area contributed by atoms with Crippen molar-refractivity contribution in [3.8, 4) is 11.6 Å². The Morgan fingerprint density at radius 1 is 1.24 bits per heavy atom. The van der Waals surface area contributed by atoms with E-state index >= 15 is 0 Å². The molecule has 0 unspecified atom stereocenters. The molecule has 1 aliphatic heterocycles. The van der Waals surface area contributed by atoms with Crippen LogP contribution in [-0.2, 0) is 10.0 Å². The lowest BCUT2D eigenvalue weighted by molar-refractivity contribution is 0.435. The van der Waals surface area contributed by atoms with E-state index in [0.717, 1.165) is 0 Å². The van der Waals surface area contributed by atoms with Gasteiger partial charge in [0.05, 0.1) is 12.7 Å². The number of hydrogen-bond acceptors (Lipinski definition) is 7. The molecular formula is C19H22ClN5O3S. The highest BCUT2D eigenvalue weighted by Crippen LogP contribution is 2.38. The molecule has 29 heavy (non-hydrogen) atoms. The van der Waals surface area contributed by atoms with Crippen LogP contribution < -0.4 is 10.0 Å². The maximum atomic E-state index is 12.4. The van der Waals surface area contributed by atoms with E-state index < -0.39 is 15.6 Å². The van der Waals surface area contributed by atoms with Gasteiger partial charge in [0, 0.05) is 5.54 Å². The molecule has 1 saturated carbocycles. The van der Waals surface area contributed by atoms with Gasteiger partial charge in [-0.05, 0) is 63.3 Å². The first kappa shape index (κ1) is 20.1. The molecule has 8 nitrogen and oxygen atoms in total. The standard InChI is InChI=1S/C19H22ClN5O3S/c1-19(2,3)25-29(26,27)16-7-6-14(28-16)18-22-10-13(20)17(24-18)23-15-8-12(9-21-15)11-4-5-11/h6-8,10-11,25H,4-5,9H2,1-3H3,(H,21,22,23,24). The summed E-state index contributed by atoms with van der Waals surface area (Å²) in [5, 5.41) is 3.25. The second-order valence-corrected chi connectivity index (χ2v) is 10.2.